The van der Waals surface area contributed by atoms with Crippen LogP contribution in [0.5, 0.6) is 0 Å². The normalized spacial score (nSPS) is 11.6. The number of benzene rings is 8. The zero-order valence-electron chi connectivity index (χ0n) is 29.4. The van der Waals surface area contributed by atoms with Crippen molar-refractivity contribution in [3.8, 4) is 45.8 Å². The molecule has 3 heterocycles. The summed E-state index contributed by atoms with van der Waals surface area (Å²) in [4.78, 5) is 0. The molecule has 0 N–H and O–H groups in total. The Bertz CT molecular complexity index is 3390. The molecule has 0 amide bonds. The van der Waals surface area contributed by atoms with E-state index in [1.807, 2.05) is 24.3 Å². The maximum Gasteiger partial charge on any atom is 0.145 e. The van der Waals surface area contributed by atoms with Gasteiger partial charge in [0.2, 0.25) is 0 Å². The second kappa shape index (κ2) is 11.8. The first-order valence-electron chi connectivity index (χ1n) is 18.2. The van der Waals surface area contributed by atoms with Crippen molar-refractivity contribution in [1.29, 1.82) is 10.5 Å². The van der Waals surface area contributed by atoms with Crippen molar-refractivity contribution in [2.75, 3.05) is 0 Å². The van der Waals surface area contributed by atoms with Crippen molar-refractivity contribution in [2.45, 2.75) is 0 Å². The Morgan fingerprint density at radius 2 is 0.945 bits per heavy atom. The first-order chi connectivity index (χ1) is 27.2. The highest BCUT2D eigenvalue weighted by atomic mass is 16.3. The number of hydrogen-bond acceptors (Lipinski definition) is 3. The van der Waals surface area contributed by atoms with Crippen LogP contribution in [0.2, 0.25) is 0 Å². The maximum atomic E-state index is 10.1. The third-order valence-electron chi connectivity index (χ3n) is 11.0. The van der Waals surface area contributed by atoms with Crippen molar-refractivity contribution >= 4 is 65.6 Å². The van der Waals surface area contributed by atoms with Gasteiger partial charge in [-0.3, -0.25) is 0 Å². The SMILES string of the molecule is N#Cc1cccc(C#N)c1-c1cccc(-c2cc(-n3c4ccccc4c4ccccc43)cc(-n3c4ccccc4c4c5oc6ccccc6c5ccc43)c2)c1. The van der Waals surface area contributed by atoms with Crippen LogP contribution in [0.4, 0.5) is 0 Å². The molecule has 254 valence electrons. The smallest absolute Gasteiger partial charge is 0.145 e. The van der Waals surface area contributed by atoms with Gasteiger partial charge in [-0.05, 0) is 89.5 Å². The lowest BCUT2D eigenvalue weighted by Gasteiger charge is -2.16. The number of furan rings is 1. The van der Waals surface area contributed by atoms with E-state index in [0.717, 1.165) is 82.8 Å². The molecule has 0 radical (unpaired) electrons. The van der Waals surface area contributed by atoms with Gasteiger partial charge in [0.1, 0.15) is 11.2 Å². The van der Waals surface area contributed by atoms with Crippen LogP contribution in [0.25, 0.3) is 99.2 Å². The number of rotatable bonds is 4. The molecule has 8 aromatic carbocycles. The van der Waals surface area contributed by atoms with Gasteiger partial charge in [-0.25, -0.2) is 0 Å². The van der Waals surface area contributed by atoms with Crippen molar-refractivity contribution in [1.82, 2.24) is 9.13 Å². The summed E-state index contributed by atoms with van der Waals surface area (Å²) in [5.41, 5.74) is 12.5. The molecule has 3 aromatic heterocycles. The largest absolute Gasteiger partial charge is 0.455 e. The van der Waals surface area contributed by atoms with E-state index in [1.54, 1.807) is 18.2 Å². The predicted octanol–water partition coefficient (Wildman–Crippen LogP) is 12.9. The molecule has 0 atom stereocenters. The van der Waals surface area contributed by atoms with Crippen molar-refractivity contribution in [2.24, 2.45) is 0 Å². The predicted molar refractivity (Wildman–Crippen MR) is 223 cm³/mol. The number of fused-ring (bicyclic) bond motifs is 10. The molecule has 0 fully saturated rings. The van der Waals surface area contributed by atoms with E-state index in [9.17, 15) is 10.5 Å². The molecule has 5 nitrogen and oxygen atoms in total. The van der Waals surface area contributed by atoms with Gasteiger partial charge in [-0.1, -0.05) is 97.1 Å². The fraction of sp³-hybridized carbons (Fsp3) is 0. The molecule has 0 saturated heterocycles. The third kappa shape index (κ3) is 4.51. The van der Waals surface area contributed by atoms with Gasteiger partial charge in [0, 0.05) is 43.9 Å². The van der Waals surface area contributed by atoms with Gasteiger partial charge in [0.15, 0.2) is 0 Å². The van der Waals surface area contributed by atoms with E-state index in [2.05, 4.69) is 149 Å². The average Bonchev–Trinajstić information content (AvgIpc) is 3.91. The molecule has 11 aromatic rings. The van der Waals surface area contributed by atoms with Crippen molar-refractivity contribution in [3.05, 3.63) is 181 Å². The Kier molecular flexibility index (Phi) is 6.61. The highest BCUT2D eigenvalue weighted by Gasteiger charge is 2.21. The molecule has 11 rings (SSSR count). The highest BCUT2D eigenvalue weighted by molar-refractivity contribution is 6.24. The Hall–Kier alpha value is -7.86. The van der Waals surface area contributed by atoms with Crippen LogP contribution >= 0.6 is 0 Å². The first-order valence-corrected chi connectivity index (χ1v) is 18.2. The highest BCUT2D eigenvalue weighted by Crippen LogP contribution is 2.42. The summed E-state index contributed by atoms with van der Waals surface area (Å²) in [5, 5.41) is 26.9. The van der Waals surface area contributed by atoms with Gasteiger partial charge in [0.05, 0.1) is 50.7 Å². The van der Waals surface area contributed by atoms with Crippen LogP contribution in [-0.2, 0) is 0 Å². The molecular weight excluding hydrogens is 673 g/mol. The Morgan fingerprint density at radius 3 is 1.62 bits per heavy atom. The fourth-order valence-electron chi connectivity index (χ4n) is 8.64. The topological polar surface area (TPSA) is 70.6 Å². The quantitative estimate of drug-likeness (QED) is 0.183. The number of aromatic nitrogens is 2. The molecule has 0 aliphatic rings. The molecule has 0 spiro atoms. The first kappa shape index (κ1) is 30.7. The van der Waals surface area contributed by atoms with E-state index in [4.69, 9.17) is 4.42 Å². The lowest BCUT2D eigenvalue weighted by molar-refractivity contribution is 0.673. The van der Waals surface area contributed by atoms with Crippen molar-refractivity contribution in [3.63, 3.8) is 0 Å². The van der Waals surface area contributed by atoms with E-state index < -0.39 is 0 Å². The van der Waals surface area contributed by atoms with Crippen LogP contribution in [0.15, 0.2) is 174 Å². The van der Waals surface area contributed by atoms with E-state index in [1.165, 1.54) is 10.8 Å². The molecule has 0 unspecified atom stereocenters. The summed E-state index contributed by atoms with van der Waals surface area (Å²) in [7, 11) is 0. The molecule has 55 heavy (non-hydrogen) atoms. The monoisotopic (exact) mass is 700 g/mol. The number of hydrogen-bond donors (Lipinski definition) is 0. The summed E-state index contributed by atoms with van der Waals surface area (Å²) in [5.74, 6) is 0. The molecule has 0 bridgehead atoms. The van der Waals surface area contributed by atoms with E-state index in [0.29, 0.717) is 16.7 Å². The number of nitrogens with zero attached hydrogens (tertiary/aromatic N) is 4. The summed E-state index contributed by atoms with van der Waals surface area (Å²) in [6.45, 7) is 0. The minimum Gasteiger partial charge on any atom is -0.455 e. The maximum absolute atomic E-state index is 10.1. The second-order valence-corrected chi connectivity index (χ2v) is 13.9. The standard InChI is InChI=1S/C50H28N4O/c51-29-33-13-10-14-34(30-52)48(33)32-12-9-11-31(25-32)35-26-36(53-43-19-5-1-15-38(43)39-16-2-6-20-44(39)53)28-37(27-35)54-45-21-7-3-18-42(45)49-46(54)24-23-41-40-17-4-8-22-47(40)55-50(41)49/h1-28H. The fourth-order valence-corrected chi connectivity index (χ4v) is 8.64. The Labute approximate surface area is 315 Å². The van der Waals surface area contributed by atoms with Gasteiger partial charge in [-0.15, -0.1) is 0 Å². The zero-order chi connectivity index (χ0) is 36.6. The van der Waals surface area contributed by atoms with Crippen molar-refractivity contribution < 1.29 is 4.42 Å². The van der Waals surface area contributed by atoms with Gasteiger partial charge >= 0.3 is 0 Å². The van der Waals surface area contributed by atoms with Crippen LogP contribution < -0.4 is 0 Å². The van der Waals surface area contributed by atoms with E-state index in [-0.39, 0.29) is 0 Å². The molecule has 0 aliphatic carbocycles. The molecule has 5 heteroatoms. The van der Waals surface area contributed by atoms with Gasteiger partial charge in [-0.2, -0.15) is 10.5 Å². The lowest BCUT2D eigenvalue weighted by Crippen LogP contribution is -2.00. The Morgan fingerprint density at radius 1 is 0.400 bits per heavy atom. The number of nitriles is 2. The summed E-state index contributed by atoms with van der Waals surface area (Å²) < 4.78 is 11.3. The summed E-state index contributed by atoms with van der Waals surface area (Å²) in [6.07, 6.45) is 0. The van der Waals surface area contributed by atoms with Crippen LogP contribution in [0.3, 0.4) is 0 Å². The molecule has 0 saturated carbocycles. The minimum atomic E-state index is 0.470. The van der Waals surface area contributed by atoms with Gasteiger partial charge < -0.3 is 13.6 Å². The molecule has 0 aliphatic heterocycles. The van der Waals surface area contributed by atoms with E-state index >= 15 is 0 Å². The Balaban J connectivity index is 1.24. The lowest BCUT2D eigenvalue weighted by atomic mass is 9.92. The second-order valence-electron chi connectivity index (χ2n) is 13.9. The van der Waals surface area contributed by atoms with Crippen LogP contribution in [0, 0.1) is 22.7 Å². The minimum absolute atomic E-state index is 0.470. The van der Waals surface area contributed by atoms with Crippen LogP contribution in [0.1, 0.15) is 11.1 Å². The number of para-hydroxylation sites is 4. The zero-order valence-corrected chi connectivity index (χ0v) is 29.4. The average molecular weight is 701 g/mol. The summed E-state index contributed by atoms with van der Waals surface area (Å²) >= 11 is 0. The molecular formula is C50H28N4O. The van der Waals surface area contributed by atoms with Crippen LogP contribution in [-0.4, -0.2) is 9.13 Å². The van der Waals surface area contributed by atoms with Gasteiger partial charge in [0.25, 0.3) is 0 Å². The third-order valence-corrected chi connectivity index (χ3v) is 11.0. The summed E-state index contributed by atoms with van der Waals surface area (Å²) in [6, 6.07) is 63.1.